The largest absolute Gasteiger partial charge is 0.391 e. The quantitative estimate of drug-likeness (QED) is 0.789. The Morgan fingerprint density at radius 2 is 1.96 bits per heavy atom. The fourth-order valence-electron chi connectivity index (χ4n) is 3.71. The number of nitrogens with zero attached hydrogens (tertiary/aromatic N) is 2. The van der Waals surface area contributed by atoms with Crippen LogP contribution in [0.2, 0.25) is 0 Å². The monoisotopic (exact) mass is 366 g/mol. The lowest BCUT2D eigenvalue weighted by molar-refractivity contribution is 0.0716. The number of hydrogen-bond acceptors (Lipinski definition) is 3. The second-order valence-corrected chi connectivity index (χ2v) is 7.12. The van der Waals surface area contributed by atoms with Crippen LogP contribution >= 0.6 is 15.9 Å². The Bertz CT molecular complexity index is 812. The maximum atomic E-state index is 9.87. The van der Waals surface area contributed by atoms with Crippen molar-refractivity contribution < 1.29 is 4.84 Å². The van der Waals surface area contributed by atoms with Crippen LogP contribution in [0.5, 0.6) is 0 Å². The zero-order valence-electron chi connectivity index (χ0n) is 12.4. The molecule has 23 heavy (non-hydrogen) atoms. The zero-order valence-corrected chi connectivity index (χ0v) is 14.0. The summed E-state index contributed by atoms with van der Waals surface area (Å²) < 4.78 is 1.02. The summed E-state index contributed by atoms with van der Waals surface area (Å²) in [5.41, 5.74) is 2.62. The molecule has 4 heteroatoms. The Morgan fingerprint density at radius 3 is 2.70 bits per heavy atom. The van der Waals surface area contributed by atoms with Crippen molar-refractivity contribution in [3.05, 3.63) is 70.2 Å². The van der Waals surface area contributed by atoms with E-state index in [1.54, 1.807) is 0 Å². The number of benzene rings is 2. The third kappa shape index (κ3) is 2.36. The van der Waals surface area contributed by atoms with Gasteiger partial charge < -0.3 is 4.84 Å². The molecule has 0 aromatic heterocycles. The van der Waals surface area contributed by atoms with E-state index in [1.807, 2.05) is 48.5 Å². The van der Waals surface area contributed by atoms with E-state index >= 15 is 0 Å². The summed E-state index contributed by atoms with van der Waals surface area (Å²) in [5, 5.41) is 14.2. The summed E-state index contributed by atoms with van der Waals surface area (Å²) in [5.74, 6) is 0.171. The highest BCUT2D eigenvalue weighted by atomic mass is 79.9. The Morgan fingerprint density at radius 1 is 1.13 bits per heavy atom. The molecule has 0 bridgehead atoms. The molecule has 2 aliphatic rings. The van der Waals surface area contributed by atoms with Crippen molar-refractivity contribution >= 4 is 21.6 Å². The molecule has 0 spiro atoms. The topological polar surface area (TPSA) is 45.4 Å². The molecule has 0 unspecified atom stereocenters. The lowest BCUT2D eigenvalue weighted by Gasteiger charge is -2.21. The van der Waals surface area contributed by atoms with Crippen LogP contribution in [-0.2, 0) is 10.3 Å². The van der Waals surface area contributed by atoms with Crippen molar-refractivity contribution in [2.45, 2.75) is 24.4 Å². The Kier molecular flexibility index (Phi) is 3.46. The minimum atomic E-state index is -0.482. The summed E-state index contributed by atoms with van der Waals surface area (Å²) in [6.45, 7) is 0. The number of nitriles is 1. The van der Waals surface area contributed by atoms with E-state index in [0.29, 0.717) is 6.42 Å². The van der Waals surface area contributed by atoms with Crippen molar-refractivity contribution in [1.29, 1.82) is 5.26 Å². The van der Waals surface area contributed by atoms with Gasteiger partial charge in [-0.2, -0.15) is 5.26 Å². The number of rotatable bonds is 2. The SMILES string of the molecule is N#C[C@]1(c2ccccc2)C[C@@H]2ON=C(c3cccc(Br)c3)[C@@H]2C1. The average molecular weight is 367 g/mol. The Balaban J connectivity index is 1.68. The van der Waals surface area contributed by atoms with Crippen LogP contribution < -0.4 is 0 Å². The molecule has 1 aliphatic heterocycles. The minimum Gasteiger partial charge on any atom is -0.391 e. The summed E-state index contributed by atoms with van der Waals surface area (Å²) in [4.78, 5) is 5.68. The van der Waals surface area contributed by atoms with Gasteiger partial charge in [0.2, 0.25) is 0 Å². The van der Waals surface area contributed by atoms with Gasteiger partial charge in [0.1, 0.15) is 6.10 Å². The first-order chi connectivity index (χ1) is 11.2. The first-order valence-corrected chi connectivity index (χ1v) is 8.48. The maximum absolute atomic E-state index is 9.87. The van der Waals surface area contributed by atoms with Crippen LogP contribution in [0.15, 0.2) is 64.2 Å². The van der Waals surface area contributed by atoms with Gasteiger partial charge in [-0.3, -0.25) is 0 Å². The molecule has 114 valence electrons. The van der Waals surface area contributed by atoms with E-state index in [2.05, 4.69) is 33.2 Å². The van der Waals surface area contributed by atoms with Gasteiger partial charge in [0.25, 0.3) is 0 Å². The van der Waals surface area contributed by atoms with Crippen LogP contribution in [0.25, 0.3) is 0 Å². The Hall–Kier alpha value is -2.12. The van der Waals surface area contributed by atoms with Crippen molar-refractivity contribution in [2.75, 3.05) is 0 Å². The zero-order chi connectivity index (χ0) is 15.9. The Labute approximate surface area is 143 Å². The van der Waals surface area contributed by atoms with Gasteiger partial charge in [-0.1, -0.05) is 63.6 Å². The molecule has 0 amide bonds. The summed E-state index contributed by atoms with van der Waals surface area (Å²) >= 11 is 3.51. The van der Waals surface area contributed by atoms with Crippen molar-refractivity contribution in [3.8, 4) is 6.07 Å². The van der Waals surface area contributed by atoms with Crippen LogP contribution in [0.3, 0.4) is 0 Å². The van der Waals surface area contributed by atoms with E-state index in [-0.39, 0.29) is 12.0 Å². The van der Waals surface area contributed by atoms with Crippen molar-refractivity contribution in [1.82, 2.24) is 0 Å². The standard InChI is InChI=1S/C19H15BrN2O/c20-15-8-4-5-13(9-15)18-16-10-19(12-21,11-17(16)23-22-18)14-6-2-1-3-7-14/h1-9,16-17H,10-11H2/t16-,17+,19-/m1/s1. The number of hydrogen-bond donors (Lipinski definition) is 0. The first kappa shape index (κ1) is 14.5. The molecule has 1 fully saturated rings. The molecule has 0 saturated heterocycles. The molecule has 2 aromatic carbocycles. The van der Waals surface area contributed by atoms with Crippen LogP contribution in [0.4, 0.5) is 0 Å². The van der Waals surface area contributed by atoms with Crippen LogP contribution in [0, 0.1) is 17.2 Å². The van der Waals surface area contributed by atoms with Crippen molar-refractivity contribution in [2.24, 2.45) is 11.1 Å². The minimum absolute atomic E-state index is 0.0103. The van der Waals surface area contributed by atoms with Gasteiger partial charge in [-0.25, -0.2) is 0 Å². The summed E-state index contributed by atoms with van der Waals surface area (Å²) in [6, 6.07) is 20.7. The van der Waals surface area contributed by atoms with Gasteiger partial charge in [-0.15, -0.1) is 0 Å². The van der Waals surface area contributed by atoms with E-state index in [9.17, 15) is 5.26 Å². The van der Waals surface area contributed by atoms with Crippen LogP contribution in [-0.4, -0.2) is 11.8 Å². The fraction of sp³-hybridized carbons (Fsp3) is 0.263. The van der Waals surface area contributed by atoms with Crippen LogP contribution in [0.1, 0.15) is 24.0 Å². The summed E-state index contributed by atoms with van der Waals surface area (Å²) in [7, 11) is 0. The molecule has 1 saturated carbocycles. The van der Waals surface area contributed by atoms with E-state index in [1.165, 1.54) is 0 Å². The molecule has 3 nitrogen and oxygen atoms in total. The third-order valence-corrected chi connectivity index (χ3v) is 5.36. The maximum Gasteiger partial charge on any atom is 0.137 e. The molecule has 2 aromatic rings. The molecular formula is C19H15BrN2O. The van der Waals surface area contributed by atoms with Gasteiger partial charge in [0.05, 0.1) is 17.2 Å². The normalized spacial score (nSPS) is 28.6. The molecule has 4 rings (SSSR count). The predicted octanol–water partition coefficient (Wildman–Crippen LogP) is 4.42. The molecular weight excluding hydrogens is 352 g/mol. The smallest absolute Gasteiger partial charge is 0.137 e. The number of fused-ring (bicyclic) bond motifs is 1. The van der Waals surface area contributed by atoms with E-state index in [0.717, 1.165) is 27.7 Å². The lowest BCUT2D eigenvalue weighted by atomic mass is 9.79. The van der Waals surface area contributed by atoms with E-state index in [4.69, 9.17) is 4.84 Å². The predicted molar refractivity (Wildman–Crippen MR) is 92.0 cm³/mol. The molecule has 0 radical (unpaired) electrons. The highest BCUT2D eigenvalue weighted by Crippen LogP contribution is 2.48. The summed E-state index contributed by atoms with van der Waals surface area (Å²) in [6.07, 6.45) is 1.44. The number of halogens is 1. The number of oxime groups is 1. The highest BCUT2D eigenvalue weighted by Gasteiger charge is 2.52. The van der Waals surface area contributed by atoms with E-state index < -0.39 is 5.41 Å². The van der Waals surface area contributed by atoms with Gasteiger partial charge in [-0.05, 0) is 24.1 Å². The molecule has 1 heterocycles. The second kappa shape index (κ2) is 5.50. The van der Waals surface area contributed by atoms with Crippen molar-refractivity contribution in [3.63, 3.8) is 0 Å². The average Bonchev–Trinajstić information content (AvgIpc) is 3.13. The van der Waals surface area contributed by atoms with Gasteiger partial charge >= 0.3 is 0 Å². The fourth-order valence-corrected chi connectivity index (χ4v) is 4.11. The molecule has 1 aliphatic carbocycles. The lowest BCUT2D eigenvalue weighted by Crippen LogP contribution is -2.22. The third-order valence-electron chi connectivity index (χ3n) is 4.87. The first-order valence-electron chi connectivity index (χ1n) is 7.68. The second-order valence-electron chi connectivity index (χ2n) is 6.21. The van der Waals surface area contributed by atoms with Gasteiger partial charge in [0.15, 0.2) is 0 Å². The molecule has 3 atom stereocenters. The van der Waals surface area contributed by atoms with Gasteiger partial charge in [0, 0.05) is 22.4 Å². The highest BCUT2D eigenvalue weighted by molar-refractivity contribution is 9.10. The molecule has 0 N–H and O–H groups in total.